The predicted octanol–water partition coefficient (Wildman–Crippen LogP) is 10.0. The van der Waals surface area contributed by atoms with Gasteiger partial charge in [-0.3, -0.25) is 33.4 Å². The Labute approximate surface area is 450 Å². The van der Waals surface area contributed by atoms with Gasteiger partial charge in [-0.25, -0.2) is 28.5 Å². The molecule has 79 heavy (non-hydrogen) atoms. The second-order valence-electron chi connectivity index (χ2n) is 20.0. The molecule has 3 amide bonds. The van der Waals surface area contributed by atoms with Gasteiger partial charge in [-0.15, -0.1) is 0 Å². The van der Waals surface area contributed by atoms with Crippen molar-refractivity contribution in [3.8, 4) is 34.4 Å². The molecule has 0 aliphatic rings. The fourth-order valence-electron chi connectivity index (χ4n) is 9.13. The summed E-state index contributed by atoms with van der Waals surface area (Å²) >= 11 is 0. The number of pyridine rings is 1. The van der Waals surface area contributed by atoms with Gasteiger partial charge in [0.15, 0.2) is 11.6 Å². The van der Waals surface area contributed by atoms with Crippen LogP contribution in [0.2, 0.25) is 0 Å². The van der Waals surface area contributed by atoms with E-state index >= 15 is 4.39 Å². The Morgan fingerprint density at radius 3 is 1.89 bits per heavy atom. The van der Waals surface area contributed by atoms with Gasteiger partial charge in [0.05, 0.1) is 57.9 Å². The highest BCUT2D eigenvalue weighted by Crippen LogP contribution is 2.32. The van der Waals surface area contributed by atoms with Crippen molar-refractivity contribution in [2.24, 2.45) is 0 Å². The summed E-state index contributed by atoms with van der Waals surface area (Å²) in [7, 11) is 1.49. The molecule has 0 aliphatic heterocycles. The number of halogens is 1. The van der Waals surface area contributed by atoms with Gasteiger partial charge in [0.25, 0.3) is 22.9 Å². The summed E-state index contributed by atoms with van der Waals surface area (Å²) in [6, 6.07) is 36.6. The summed E-state index contributed by atoms with van der Waals surface area (Å²) in [4.78, 5) is 85.7. The molecule has 0 atom stereocenters. The third-order valence-electron chi connectivity index (χ3n) is 12.9. The number of anilines is 3. The summed E-state index contributed by atoms with van der Waals surface area (Å²) in [5.41, 5.74) is -0.135. The van der Waals surface area contributed by atoms with Crippen molar-refractivity contribution >= 4 is 57.3 Å². The molecule has 5 heterocycles. The number of aromatic nitrogens is 8. The molecule has 0 unspecified atom stereocenters. The van der Waals surface area contributed by atoms with E-state index in [9.17, 15) is 29.1 Å². The Morgan fingerprint density at radius 2 is 1.28 bits per heavy atom. The molecule has 5 aromatic carbocycles. The maximum absolute atomic E-state index is 15.5. The highest BCUT2D eigenvalue weighted by molar-refractivity contribution is 6.05. The lowest BCUT2D eigenvalue weighted by Crippen LogP contribution is -2.40. The van der Waals surface area contributed by atoms with Crippen LogP contribution < -0.4 is 36.1 Å². The first-order valence-corrected chi connectivity index (χ1v) is 25.0. The van der Waals surface area contributed by atoms with Crippen LogP contribution in [0.5, 0.6) is 23.0 Å². The Balaban J connectivity index is 0.804. The second-order valence-corrected chi connectivity index (χ2v) is 20.0. The van der Waals surface area contributed by atoms with Crippen LogP contribution in [0.15, 0.2) is 155 Å². The molecule has 10 aromatic rings. The Bertz CT molecular complexity index is 4070. The average molecular weight is 1070 g/mol. The van der Waals surface area contributed by atoms with Crippen LogP contribution in [0.4, 0.5) is 26.5 Å². The first-order valence-electron chi connectivity index (χ1n) is 25.0. The van der Waals surface area contributed by atoms with Crippen LogP contribution >= 0.6 is 0 Å². The minimum atomic E-state index is -1.29. The van der Waals surface area contributed by atoms with Crippen molar-refractivity contribution in [2.45, 2.75) is 65.8 Å². The number of fused-ring (bicyclic) bond motifs is 2. The number of carbonyl (C=O) groups is 3. The fraction of sp³-hybridized carbons (Fsp3) is 0.190. The summed E-state index contributed by atoms with van der Waals surface area (Å²) < 4.78 is 39.4. The lowest BCUT2D eigenvalue weighted by Gasteiger charge is -2.29. The minimum absolute atomic E-state index is 0.0587. The van der Waals surface area contributed by atoms with Crippen molar-refractivity contribution in [3.05, 3.63) is 195 Å². The van der Waals surface area contributed by atoms with E-state index in [2.05, 4.69) is 30.6 Å². The van der Waals surface area contributed by atoms with Crippen molar-refractivity contribution in [2.75, 3.05) is 22.6 Å². The van der Waals surface area contributed by atoms with Crippen LogP contribution in [0.3, 0.4) is 0 Å². The van der Waals surface area contributed by atoms with Gasteiger partial charge < -0.3 is 39.9 Å². The van der Waals surface area contributed by atoms with Gasteiger partial charge in [-0.1, -0.05) is 36.4 Å². The van der Waals surface area contributed by atoms with E-state index < -0.39 is 46.0 Å². The molecule has 0 saturated heterocycles. The van der Waals surface area contributed by atoms with E-state index in [1.54, 1.807) is 166 Å². The topological polar surface area (TPSA) is 238 Å². The highest BCUT2D eigenvalue weighted by atomic mass is 19.1. The van der Waals surface area contributed by atoms with Crippen molar-refractivity contribution in [3.63, 3.8) is 0 Å². The molecule has 0 aliphatic carbocycles. The molecule has 5 aromatic heterocycles. The number of ether oxygens (including phenoxy) is 3. The number of aliphatic hydroxyl groups is 1. The zero-order valence-corrected chi connectivity index (χ0v) is 44.0. The quantitative estimate of drug-likeness (QED) is 0.0610. The van der Waals surface area contributed by atoms with E-state index in [0.717, 1.165) is 6.07 Å². The van der Waals surface area contributed by atoms with E-state index in [-0.39, 0.29) is 47.3 Å². The third kappa shape index (κ3) is 10.9. The maximum Gasteiger partial charge on any atom is 0.416 e. The number of nitrogens with one attached hydrogen (secondary N) is 4. The van der Waals surface area contributed by atoms with Gasteiger partial charge in [-0.2, -0.15) is 0 Å². The molecule has 0 radical (unpaired) electrons. The first kappa shape index (κ1) is 52.4. The maximum atomic E-state index is 15.5. The SMILES string of the molecule is Cc1c(C(=O)Nc2ccc(Oc3ccc4nc(N(C)C(=O)OC(C)(C)Cn5c(C)c(C(=O)Nc6ccc(Oc7ccnc8[nH]ccc78)c(F)c6)c(=O)n5-c5ccccc5)[nH]c4c3)cc2)c(=O)n(-c2ccccc2)n1CC(C)(C)O. The number of benzene rings is 5. The highest BCUT2D eigenvalue weighted by Gasteiger charge is 2.33. The largest absolute Gasteiger partial charge is 0.457 e. The Kier molecular flexibility index (Phi) is 13.8. The first-order chi connectivity index (χ1) is 37.7. The summed E-state index contributed by atoms with van der Waals surface area (Å²) in [6.45, 7) is 9.84. The zero-order chi connectivity index (χ0) is 55.9. The Morgan fingerprint density at radius 1 is 0.696 bits per heavy atom. The monoisotopic (exact) mass is 1070 g/mol. The number of amides is 3. The van der Waals surface area contributed by atoms with Crippen LogP contribution in [-0.2, 0) is 17.8 Å². The lowest BCUT2D eigenvalue weighted by molar-refractivity contribution is 0.0268. The molecular formula is C58H54FN11O9. The third-order valence-corrected chi connectivity index (χ3v) is 12.9. The van der Waals surface area contributed by atoms with Gasteiger partial charge in [0, 0.05) is 42.9 Å². The number of rotatable bonds is 16. The number of hydrogen-bond donors (Lipinski definition) is 5. The van der Waals surface area contributed by atoms with Crippen LogP contribution in [-0.4, -0.2) is 79.9 Å². The van der Waals surface area contributed by atoms with Gasteiger partial charge in [-0.05, 0) is 126 Å². The van der Waals surface area contributed by atoms with Crippen LogP contribution in [0.25, 0.3) is 33.4 Å². The standard InChI is InChI=1S/C58H54FN11O9/c1-34-48(53(73)69(38-14-10-8-11-15-38)67(34)32-57(3,4)76)51(71)62-36-18-21-40(22-19-36)77-41-23-24-44-45(31-41)65-55(64-44)66(7)56(75)79-58(5,6)33-68-35(2)49(54(74)70(68)39-16-12-9-13-17-39)52(72)63-37-20-25-47(43(59)30-37)78-46-27-29-61-50-42(46)26-28-60-50/h8-31,76H,32-33H2,1-7H3,(H,60,61)(H,62,71)(H,63,72)(H,64,65). The average Bonchev–Trinajstić information content (AvgIpc) is 4.24. The molecule has 5 N–H and O–H groups in total. The number of H-pyrrole nitrogens is 2. The number of imidazole rings is 1. The number of aromatic amines is 2. The smallest absolute Gasteiger partial charge is 0.416 e. The van der Waals surface area contributed by atoms with Crippen LogP contribution in [0, 0.1) is 19.7 Å². The number of nitrogens with zero attached hydrogens (tertiary/aromatic N) is 7. The van der Waals surface area contributed by atoms with E-state index in [4.69, 9.17) is 14.2 Å². The summed E-state index contributed by atoms with van der Waals surface area (Å²) in [6.07, 6.45) is 2.45. The number of para-hydroxylation sites is 2. The van der Waals surface area contributed by atoms with Gasteiger partial charge >= 0.3 is 6.09 Å². The van der Waals surface area contributed by atoms with Gasteiger partial charge in [0.2, 0.25) is 5.95 Å². The zero-order valence-electron chi connectivity index (χ0n) is 44.0. The Hall–Kier alpha value is -10.0. The molecule has 0 spiro atoms. The predicted molar refractivity (Wildman–Crippen MR) is 296 cm³/mol. The van der Waals surface area contributed by atoms with Crippen molar-refractivity contribution in [1.82, 2.24) is 38.7 Å². The van der Waals surface area contributed by atoms with E-state index in [1.165, 1.54) is 39.6 Å². The van der Waals surface area contributed by atoms with Crippen molar-refractivity contribution < 1.29 is 38.1 Å². The number of hydrogen-bond acceptors (Lipinski definition) is 11. The summed E-state index contributed by atoms with van der Waals surface area (Å²) in [5.74, 6) is -0.807. The number of carbonyl (C=O) groups excluding carboxylic acids is 3. The van der Waals surface area contributed by atoms with Crippen molar-refractivity contribution in [1.29, 1.82) is 0 Å². The molecule has 20 nitrogen and oxygen atoms in total. The van der Waals surface area contributed by atoms with Crippen LogP contribution in [0.1, 0.15) is 59.8 Å². The minimum Gasteiger partial charge on any atom is -0.457 e. The molecule has 0 fully saturated rings. The van der Waals surface area contributed by atoms with E-state index in [1.807, 2.05) is 6.07 Å². The second kappa shape index (κ2) is 20.8. The van der Waals surface area contributed by atoms with E-state index in [0.29, 0.717) is 62.1 Å². The molecule has 0 bridgehead atoms. The molecule has 10 rings (SSSR count). The normalized spacial score (nSPS) is 11.7. The summed E-state index contributed by atoms with van der Waals surface area (Å²) in [5, 5.41) is 16.8. The molecule has 402 valence electrons. The molecule has 21 heteroatoms. The molecular weight excluding hydrogens is 1010 g/mol. The lowest BCUT2D eigenvalue weighted by atomic mass is 10.1. The van der Waals surface area contributed by atoms with Gasteiger partial charge in [0.1, 0.15) is 39.6 Å². The molecule has 0 saturated carbocycles. The fourth-order valence-corrected chi connectivity index (χ4v) is 9.13.